The van der Waals surface area contributed by atoms with Crippen molar-refractivity contribution in [3.63, 3.8) is 0 Å². The first-order chi connectivity index (χ1) is 11.1. The fourth-order valence-electron chi connectivity index (χ4n) is 3.59. The minimum Gasteiger partial charge on any atom is -0.341 e. The van der Waals surface area contributed by atoms with Crippen LogP contribution in [0.25, 0.3) is 0 Å². The van der Waals surface area contributed by atoms with Gasteiger partial charge in [-0.25, -0.2) is 0 Å². The number of halogens is 2. The summed E-state index contributed by atoms with van der Waals surface area (Å²) in [5.41, 5.74) is 2.48. The molecule has 24 heavy (non-hydrogen) atoms. The van der Waals surface area contributed by atoms with E-state index >= 15 is 0 Å². The summed E-state index contributed by atoms with van der Waals surface area (Å²) in [5, 5.41) is 3.39. The van der Waals surface area contributed by atoms with Crippen molar-refractivity contribution in [3.05, 3.63) is 33.8 Å². The molecule has 3 rings (SSSR count). The van der Waals surface area contributed by atoms with Crippen LogP contribution in [-0.2, 0) is 11.2 Å². The number of nitrogens with one attached hydrogen (secondary N) is 1. The topological polar surface area (TPSA) is 35.6 Å². The average Bonchev–Trinajstić information content (AvgIpc) is 3.06. The van der Waals surface area contributed by atoms with Crippen LogP contribution in [0.1, 0.15) is 24.0 Å². The molecule has 134 valence electrons. The molecule has 4 nitrogen and oxygen atoms in total. The Bertz CT molecular complexity index is 563. The van der Waals surface area contributed by atoms with Crippen molar-refractivity contribution in [2.45, 2.75) is 32.2 Å². The number of rotatable bonds is 4. The maximum atomic E-state index is 12.5. The first kappa shape index (κ1) is 19.7. The van der Waals surface area contributed by atoms with Gasteiger partial charge in [-0.2, -0.15) is 0 Å². The highest BCUT2D eigenvalue weighted by molar-refractivity contribution is 9.10. The van der Waals surface area contributed by atoms with Gasteiger partial charge in [0.2, 0.25) is 5.91 Å². The molecule has 1 unspecified atom stereocenters. The van der Waals surface area contributed by atoms with Gasteiger partial charge in [-0.3, -0.25) is 9.69 Å². The first-order valence-corrected chi connectivity index (χ1v) is 9.40. The van der Waals surface area contributed by atoms with Gasteiger partial charge in [-0.05, 0) is 37.0 Å². The summed E-state index contributed by atoms with van der Waals surface area (Å²) in [6, 6.07) is 6.92. The molecule has 1 aromatic carbocycles. The highest BCUT2D eigenvalue weighted by Crippen LogP contribution is 2.20. The second-order valence-electron chi connectivity index (χ2n) is 6.65. The van der Waals surface area contributed by atoms with E-state index in [0.717, 1.165) is 56.6 Å². The van der Waals surface area contributed by atoms with E-state index in [4.69, 9.17) is 0 Å². The van der Waals surface area contributed by atoms with Crippen molar-refractivity contribution in [1.29, 1.82) is 0 Å². The lowest BCUT2D eigenvalue weighted by atomic mass is 10.1. The Kier molecular flexibility index (Phi) is 7.54. The molecule has 0 radical (unpaired) electrons. The SMILES string of the molecule is Cc1cc(CCC(=O)N2CCC(N3CCNCC3)C2)ccc1Br.Cl. The van der Waals surface area contributed by atoms with E-state index in [1.54, 1.807) is 0 Å². The van der Waals surface area contributed by atoms with Crippen LogP contribution < -0.4 is 5.32 Å². The van der Waals surface area contributed by atoms with Crippen molar-refractivity contribution < 1.29 is 4.79 Å². The number of amides is 1. The summed E-state index contributed by atoms with van der Waals surface area (Å²) in [6.45, 7) is 8.31. The third-order valence-electron chi connectivity index (χ3n) is 5.03. The van der Waals surface area contributed by atoms with Crippen LogP contribution in [0, 0.1) is 6.92 Å². The third-order valence-corrected chi connectivity index (χ3v) is 5.92. The molecule has 0 aliphatic carbocycles. The Hall–Kier alpha value is -0.620. The minimum absolute atomic E-state index is 0. The molecule has 1 amide bonds. The number of hydrogen-bond acceptors (Lipinski definition) is 3. The average molecular weight is 417 g/mol. The minimum atomic E-state index is 0. The van der Waals surface area contributed by atoms with Gasteiger partial charge >= 0.3 is 0 Å². The number of benzene rings is 1. The van der Waals surface area contributed by atoms with Crippen molar-refractivity contribution in [2.75, 3.05) is 39.3 Å². The summed E-state index contributed by atoms with van der Waals surface area (Å²) in [6.07, 6.45) is 2.58. The number of nitrogens with zero attached hydrogens (tertiary/aromatic N) is 2. The van der Waals surface area contributed by atoms with E-state index < -0.39 is 0 Å². The summed E-state index contributed by atoms with van der Waals surface area (Å²) >= 11 is 3.52. The predicted molar refractivity (Wildman–Crippen MR) is 104 cm³/mol. The van der Waals surface area contributed by atoms with Crippen LogP contribution in [0.3, 0.4) is 0 Å². The van der Waals surface area contributed by atoms with E-state index in [-0.39, 0.29) is 12.4 Å². The molecule has 2 aliphatic rings. The fraction of sp³-hybridized carbons (Fsp3) is 0.611. The number of carbonyl (C=O) groups is 1. The Labute approximate surface area is 159 Å². The molecule has 1 aromatic rings. The molecule has 0 aromatic heterocycles. The smallest absolute Gasteiger partial charge is 0.222 e. The van der Waals surface area contributed by atoms with Crippen molar-refractivity contribution in [3.8, 4) is 0 Å². The lowest BCUT2D eigenvalue weighted by Gasteiger charge is -2.32. The second-order valence-corrected chi connectivity index (χ2v) is 7.51. The summed E-state index contributed by atoms with van der Waals surface area (Å²) in [5.74, 6) is 0.309. The molecule has 1 N–H and O–H groups in total. The molecule has 2 aliphatic heterocycles. The molecular weight excluding hydrogens is 390 g/mol. The zero-order valence-electron chi connectivity index (χ0n) is 14.3. The van der Waals surface area contributed by atoms with Gasteiger partial charge in [-0.1, -0.05) is 28.1 Å². The molecule has 0 saturated carbocycles. The van der Waals surface area contributed by atoms with Gasteiger partial charge in [0.1, 0.15) is 0 Å². The molecule has 2 fully saturated rings. The normalized spacial score (nSPS) is 21.6. The largest absolute Gasteiger partial charge is 0.341 e. The van der Waals surface area contributed by atoms with E-state index in [0.29, 0.717) is 18.4 Å². The zero-order chi connectivity index (χ0) is 16.2. The Morgan fingerprint density at radius 1 is 1.29 bits per heavy atom. The molecule has 0 spiro atoms. The van der Waals surface area contributed by atoms with Crippen LogP contribution in [0.4, 0.5) is 0 Å². The van der Waals surface area contributed by atoms with Gasteiger partial charge in [0.05, 0.1) is 0 Å². The third kappa shape index (κ3) is 4.94. The van der Waals surface area contributed by atoms with Gasteiger partial charge in [0.25, 0.3) is 0 Å². The number of piperazine rings is 1. The van der Waals surface area contributed by atoms with Crippen LogP contribution >= 0.6 is 28.3 Å². The van der Waals surface area contributed by atoms with Crippen molar-refractivity contribution >= 4 is 34.2 Å². The van der Waals surface area contributed by atoms with Crippen molar-refractivity contribution in [2.24, 2.45) is 0 Å². The summed E-state index contributed by atoms with van der Waals surface area (Å²) in [4.78, 5) is 17.1. The van der Waals surface area contributed by atoms with Crippen LogP contribution in [-0.4, -0.2) is 61.0 Å². The maximum Gasteiger partial charge on any atom is 0.222 e. The number of carbonyl (C=O) groups excluding carboxylic acids is 1. The van der Waals surface area contributed by atoms with E-state index in [9.17, 15) is 4.79 Å². The fourth-order valence-corrected chi connectivity index (χ4v) is 3.83. The second kappa shape index (κ2) is 9.18. The van der Waals surface area contributed by atoms with E-state index in [1.165, 1.54) is 11.1 Å². The standard InChI is InChI=1S/C18H26BrN3O.ClH/c1-14-12-15(2-4-17(14)19)3-5-18(23)22-9-6-16(13-22)21-10-7-20-8-11-21;/h2,4,12,16,20H,3,5-11,13H2,1H3;1H. The van der Waals surface area contributed by atoms with Crippen LogP contribution in [0.5, 0.6) is 0 Å². The molecule has 1 atom stereocenters. The lowest BCUT2D eigenvalue weighted by molar-refractivity contribution is -0.130. The number of likely N-dealkylation sites (tertiary alicyclic amines) is 1. The van der Waals surface area contributed by atoms with Gasteiger partial charge in [-0.15, -0.1) is 12.4 Å². The Morgan fingerprint density at radius 2 is 2.04 bits per heavy atom. The monoisotopic (exact) mass is 415 g/mol. The van der Waals surface area contributed by atoms with Crippen molar-refractivity contribution in [1.82, 2.24) is 15.1 Å². The molecule has 2 heterocycles. The predicted octanol–water partition coefficient (Wildman–Crippen LogP) is 2.62. The number of hydrogen-bond donors (Lipinski definition) is 1. The first-order valence-electron chi connectivity index (χ1n) is 8.61. The summed E-state index contributed by atoms with van der Waals surface area (Å²) in [7, 11) is 0. The van der Waals surface area contributed by atoms with Gasteiger partial charge in [0.15, 0.2) is 0 Å². The zero-order valence-corrected chi connectivity index (χ0v) is 16.7. The summed E-state index contributed by atoms with van der Waals surface area (Å²) < 4.78 is 1.13. The highest BCUT2D eigenvalue weighted by atomic mass is 79.9. The molecule has 2 saturated heterocycles. The quantitative estimate of drug-likeness (QED) is 0.819. The van der Waals surface area contributed by atoms with Gasteiger partial charge in [0, 0.05) is 56.2 Å². The lowest BCUT2D eigenvalue weighted by Crippen LogP contribution is -2.49. The molecule has 6 heteroatoms. The molecular formula is C18H27BrClN3O. The highest BCUT2D eigenvalue weighted by Gasteiger charge is 2.30. The Balaban J connectivity index is 0.00000208. The Morgan fingerprint density at radius 3 is 2.75 bits per heavy atom. The van der Waals surface area contributed by atoms with E-state index in [2.05, 4.69) is 56.2 Å². The van der Waals surface area contributed by atoms with Crippen LogP contribution in [0.15, 0.2) is 22.7 Å². The maximum absolute atomic E-state index is 12.5. The van der Waals surface area contributed by atoms with Gasteiger partial charge < -0.3 is 10.2 Å². The number of aryl methyl sites for hydroxylation is 2. The molecule has 0 bridgehead atoms. The van der Waals surface area contributed by atoms with E-state index in [1.807, 2.05) is 0 Å². The van der Waals surface area contributed by atoms with Crippen LogP contribution in [0.2, 0.25) is 0 Å².